The highest BCUT2D eigenvalue weighted by Gasteiger charge is 2.23. The molecular weight excluding hydrogens is 390 g/mol. The molecule has 0 amide bonds. The minimum absolute atomic E-state index is 0.219. The van der Waals surface area contributed by atoms with E-state index < -0.39 is 0 Å². The van der Waals surface area contributed by atoms with Crippen LogP contribution < -0.4 is 4.74 Å². The second kappa shape index (κ2) is 9.55. The first-order chi connectivity index (χ1) is 15.0. The van der Waals surface area contributed by atoms with E-state index in [-0.39, 0.29) is 11.8 Å². The molecule has 0 bridgehead atoms. The highest BCUT2D eigenvalue weighted by molar-refractivity contribution is 5.99. The Morgan fingerprint density at radius 3 is 2.61 bits per heavy atom. The van der Waals surface area contributed by atoms with Crippen molar-refractivity contribution in [1.29, 1.82) is 0 Å². The Morgan fingerprint density at radius 1 is 1.13 bits per heavy atom. The molecule has 0 aliphatic carbocycles. The summed E-state index contributed by atoms with van der Waals surface area (Å²) in [5.74, 6) is 1.26. The Hall–Kier alpha value is -2.15. The quantitative estimate of drug-likeness (QED) is 0.608. The largest absolute Gasteiger partial charge is 0.493 e. The molecule has 1 aromatic heterocycles. The zero-order valence-corrected chi connectivity index (χ0v) is 19.3. The van der Waals surface area contributed by atoms with Gasteiger partial charge < -0.3 is 14.0 Å². The van der Waals surface area contributed by atoms with Gasteiger partial charge in [-0.2, -0.15) is 0 Å². The van der Waals surface area contributed by atoms with Crippen molar-refractivity contribution in [3.05, 3.63) is 52.3 Å². The van der Waals surface area contributed by atoms with Crippen molar-refractivity contribution >= 4 is 5.78 Å². The van der Waals surface area contributed by atoms with E-state index in [1.54, 1.807) is 7.11 Å². The van der Waals surface area contributed by atoms with Crippen LogP contribution in [0.4, 0.5) is 0 Å². The Kier molecular flexibility index (Phi) is 6.80. The number of fused-ring (bicyclic) bond motifs is 1. The van der Waals surface area contributed by atoms with Gasteiger partial charge in [0.05, 0.1) is 25.8 Å². The van der Waals surface area contributed by atoms with Gasteiger partial charge in [0.25, 0.3) is 0 Å². The van der Waals surface area contributed by atoms with E-state index in [0.717, 1.165) is 68.5 Å². The van der Waals surface area contributed by atoms with Crippen molar-refractivity contribution in [2.24, 2.45) is 0 Å². The molecule has 3 heterocycles. The SMILES string of the molecule is COC[C@@H](C)n1c(C)cc(C(=O)CN2CCN(Cc3ccc4c(c3)CCO4)CC2)c1C. The van der Waals surface area contributed by atoms with Crippen molar-refractivity contribution in [2.45, 2.75) is 39.8 Å². The van der Waals surface area contributed by atoms with Gasteiger partial charge in [0.1, 0.15) is 5.75 Å². The average molecular weight is 426 g/mol. The molecule has 6 heteroatoms. The zero-order chi connectivity index (χ0) is 22.0. The van der Waals surface area contributed by atoms with Crippen LogP contribution in [0.2, 0.25) is 0 Å². The lowest BCUT2D eigenvalue weighted by atomic mass is 10.1. The number of aromatic nitrogens is 1. The first kappa shape index (κ1) is 22.1. The molecule has 2 aromatic rings. The van der Waals surface area contributed by atoms with Crippen molar-refractivity contribution in [3.63, 3.8) is 0 Å². The van der Waals surface area contributed by atoms with Gasteiger partial charge in [-0.25, -0.2) is 0 Å². The fourth-order valence-corrected chi connectivity index (χ4v) is 5.04. The average Bonchev–Trinajstić information content (AvgIpc) is 3.33. The van der Waals surface area contributed by atoms with Crippen molar-refractivity contribution in [3.8, 4) is 5.75 Å². The number of Topliss-reactive ketones (excluding diaryl/α,β-unsaturated/α-hetero) is 1. The number of carbonyl (C=O) groups is 1. The van der Waals surface area contributed by atoms with E-state index in [1.165, 1.54) is 11.1 Å². The molecule has 1 aromatic carbocycles. The number of ether oxygens (including phenoxy) is 2. The van der Waals surface area contributed by atoms with Crippen LogP contribution in [0, 0.1) is 13.8 Å². The lowest BCUT2D eigenvalue weighted by Crippen LogP contribution is -2.47. The Morgan fingerprint density at radius 2 is 1.87 bits per heavy atom. The minimum atomic E-state index is 0.219. The van der Waals surface area contributed by atoms with Gasteiger partial charge in [-0.05, 0) is 44.0 Å². The van der Waals surface area contributed by atoms with Gasteiger partial charge in [0.2, 0.25) is 0 Å². The van der Waals surface area contributed by atoms with E-state index in [2.05, 4.69) is 46.4 Å². The third-order valence-electron chi connectivity index (χ3n) is 6.63. The Balaban J connectivity index is 1.31. The van der Waals surface area contributed by atoms with Crippen molar-refractivity contribution < 1.29 is 14.3 Å². The number of nitrogens with zero attached hydrogens (tertiary/aromatic N) is 3. The van der Waals surface area contributed by atoms with Gasteiger partial charge in [-0.3, -0.25) is 14.6 Å². The number of rotatable bonds is 8. The van der Waals surface area contributed by atoms with Crippen LogP contribution >= 0.6 is 0 Å². The first-order valence-electron chi connectivity index (χ1n) is 11.4. The van der Waals surface area contributed by atoms with Gasteiger partial charge >= 0.3 is 0 Å². The first-order valence-corrected chi connectivity index (χ1v) is 11.4. The summed E-state index contributed by atoms with van der Waals surface area (Å²) in [6.45, 7) is 13.0. The number of carbonyl (C=O) groups excluding carboxylic acids is 1. The summed E-state index contributed by atoms with van der Waals surface area (Å²) in [5.41, 5.74) is 5.70. The smallest absolute Gasteiger partial charge is 0.178 e. The Labute approximate surface area is 185 Å². The molecule has 1 atom stereocenters. The number of hydrogen-bond donors (Lipinski definition) is 0. The molecule has 6 nitrogen and oxygen atoms in total. The minimum Gasteiger partial charge on any atom is -0.493 e. The third-order valence-corrected chi connectivity index (χ3v) is 6.63. The van der Waals surface area contributed by atoms with Crippen LogP contribution in [0.3, 0.4) is 0 Å². The van der Waals surface area contributed by atoms with E-state index in [9.17, 15) is 4.79 Å². The number of benzene rings is 1. The predicted octanol–water partition coefficient (Wildman–Crippen LogP) is 3.25. The molecule has 0 saturated carbocycles. The third kappa shape index (κ3) is 4.86. The summed E-state index contributed by atoms with van der Waals surface area (Å²) >= 11 is 0. The van der Waals surface area contributed by atoms with E-state index in [0.29, 0.717) is 13.2 Å². The zero-order valence-electron chi connectivity index (χ0n) is 19.3. The summed E-state index contributed by atoms with van der Waals surface area (Å²) < 4.78 is 13.1. The Bertz CT molecular complexity index is 928. The number of aryl methyl sites for hydroxylation is 1. The summed E-state index contributed by atoms with van der Waals surface area (Å²) in [6, 6.07) is 8.84. The lowest BCUT2D eigenvalue weighted by molar-refractivity contribution is 0.0843. The van der Waals surface area contributed by atoms with Crippen LogP contribution in [-0.2, 0) is 17.7 Å². The maximum atomic E-state index is 13.0. The van der Waals surface area contributed by atoms with Gasteiger partial charge in [-0.1, -0.05) is 12.1 Å². The maximum Gasteiger partial charge on any atom is 0.178 e. The monoisotopic (exact) mass is 425 g/mol. The topological polar surface area (TPSA) is 46.9 Å². The fourth-order valence-electron chi connectivity index (χ4n) is 5.04. The van der Waals surface area contributed by atoms with Crippen LogP contribution in [0.15, 0.2) is 24.3 Å². The molecule has 1 saturated heterocycles. The molecule has 2 aliphatic heterocycles. The van der Waals surface area contributed by atoms with Gasteiger partial charge in [0.15, 0.2) is 5.78 Å². The molecule has 168 valence electrons. The lowest BCUT2D eigenvalue weighted by Gasteiger charge is -2.34. The van der Waals surface area contributed by atoms with Crippen LogP contribution in [0.5, 0.6) is 5.75 Å². The number of methoxy groups -OCH3 is 1. The normalized spacial score (nSPS) is 18.1. The second-order valence-corrected chi connectivity index (χ2v) is 8.98. The fraction of sp³-hybridized carbons (Fsp3) is 0.560. The summed E-state index contributed by atoms with van der Waals surface area (Å²) in [6.07, 6.45) is 1.02. The van der Waals surface area contributed by atoms with Crippen LogP contribution in [0.25, 0.3) is 0 Å². The predicted molar refractivity (Wildman–Crippen MR) is 122 cm³/mol. The van der Waals surface area contributed by atoms with E-state index in [1.807, 2.05) is 13.0 Å². The molecule has 2 aliphatic rings. The highest BCUT2D eigenvalue weighted by atomic mass is 16.5. The highest BCUT2D eigenvalue weighted by Crippen LogP contribution is 2.26. The molecule has 4 rings (SSSR count). The number of piperazine rings is 1. The summed E-state index contributed by atoms with van der Waals surface area (Å²) in [4.78, 5) is 17.8. The van der Waals surface area contributed by atoms with Crippen molar-refractivity contribution in [2.75, 3.05) is 53.0 Å². The van der Waals surface area contributed by atoms with Crippen molar-refractivity contribution in [1.82, 2.24) is 14.4 Å². The number of ketones is 1. The molecule has 0 unspecified atom stereocenters. The molecule has 1 fully saturated rings. The van der Waals surface area contributed by atoms with E-state index >= 15 is 0 Å². The molecule has 31 heavy (non-hydrogen) atoms. The van der Waals surface area contributed by atoms with Crippen LogP contribution in [-0.4, -0.2) is 73.2 Å². The number of hydrogen-bond acceptors (Lipinski definition) is 5. The van der Waals surface area contributed by atoms with E-state index in [4.69, 9.17) is 9.47 Å². The molecule has 0 spiro atoms. The molecular formula is C25H35N3O3. The van der Waals surface area contributed by atoms with Gasteiger partial charge in [0, 0.05) is 63.2 Å². The standard InChI is InChI=1S/C25H35N3O3/c1-18-13-23(20(3)28(18)19(2)17-30-4)24(29)16-27-10-8-26(9-11-27)15-21-5-6-25-22(14-21)7-12-31-25/h5-6,13-14,19H,7-12,15-17H2,1-4H3/t19-/m1/s1. The summed E-state index contributed by atoms with van der Waals surface area (Å²) in [7, 11) is 1.72. The molecule has 0 N–H and O–H groups in total. The summed E-state index contributed by atoms with van der Waals surface area (Å²) in [5, 5.41) is 0. The molecule has 0 radical (unpaired) electrons. The van der Waals surface area contributed by atoms with Gasteiger partial charge in [-0.15, -0.1) is 0 Å². The maximum absolute atomic E-state index is 13.0. The second-order valence-electron chi connectivity index (χ2n) is 8.98. The van der Waals surface area contributed by atoms with Crippen LogP contribution in [0.1, 0.15) is 45.8 Å².